The maximum absolute atomic E-state index is 12.7. The zero-order valence-corrected chi connectivity index (χ0v) is 16.0. The number of aromatic nitrogens is 2. The molecular weight excluding hydrogens is 368 g/mol. The molecule has 0 saturated heterocycles. The van der Waals surface area contributed by atoms with Crippen molar-refractivity contribution in [3.63, 3.8) is 0 Å². The van der Waals surface area contributed by atoms with Crippen LogP contribution in [-0.4, -0.2) is 9.97 Å². The molecular formula is C19H16N2OS3. The van der Waals surface area contributed by atoms with Crippen LogP contribution in [0.5, 0.6) is 0 Å². The number of thioether (sulfide) groups is 1. The van der Waals surface area contributed by atoms with E-state index < -0.39 is 0 Å². The maximum Gasteiger partial charge on any atom is 0.260 e. The predicted octanol–water partition coefficient (Wildman–Crippen LogP) is 5.71. The highest BCUT2D eigenvalue weighted by atomic mass is 32.2. The summed E-state index contributed by atoms with van der Waals surface area (Å²) in [6.07, 6.45) is 0. The lowest BCUT2D eigenvalue weighted by atomic mass is 10.2. The molecule has 3 aromatic heterocycles. The average Bonchev–Trinajstić information content (AvgIpc) is 3.29. The van der Waals surface area contributed by atoms with E-state index in [0.717, 1.165) is 26.8 Å². The van der Waals surface area contributed by atoms with Crippen LogP contribution in [0.25, 0.3) is 20.7 Å². The molecule has 3 nitrogen and oxygen atoms in total. The first-order valence-electron chi connectivity index (χ1n) is 7.93. The van der Waals surface area contributed by atoms with E-state index in [-0.39, 0.29) is 10.8 Å². The van der Waals surface area contributed by atoms with E-state index in [0.29, 0.717) is 5.39 Å². The van der Waals surface area contributed by atoms with Gasteiger partial charge in [-0.3, -0.25) is 4.79 Å². The van der Waals surface area contributed by atoms with Crippen molar-refractivity contribution in [3.05, 3.63) is 75.0 Å². The second-order valence-electron chi connectivity index (χ2n) is 5.70. The zero-order valence-electron chi connectivity index (χ0n) is 13.6. The van der Waals surface area contributed by atoms with Gasteiger partial charge in [-0.2, -0.15) is 0 Å². The summed E-state index contributed by atoms with van der Waals surface area (Å²) in [5.41, 5.74) is 2.22. The van der Waals surface area contributed by atoms with Crippen molar-refractivity contribution in [3.8, 4) is 10.4 Å². The van der Waals surface area contributed by atoms with Gasteiger partial charge in [-0.15, -0.1) is 34.4 Å². The van der Waals surface area contributed by atoms with Gasteiger partial charge in [0.25, 0.3) is 5.56 Å². The lowest BCUT2D eigenvalue weighted by Gasteiger charge is -2.10. The first-order chi connectivity index (χ1) is 12.2. The summed E-state index contributed by atoms with van der Waals surface area (Å²) in [7, 11) is 0. The van der Waals surface area contributed by atoms with Crippen molar-refractivity contribution in [2.75, 3.05) is 0 Å². The van der Waals surface area contributed by atoms with Gasteiger partial charge in [0.05, 0.1) is 10.6 Å². The standard InChI is InChI=1S/C19H16N2OS3/c1-12(24-10-13-6-3-2-4-7-13)17-20-18(22)16-14(11-25-19(16)21-17)15-8-5-9-23-15/h2-9,11-12H,10H2,1H3,(H,20,21,22)/t12-/m0/s1. The van der Waals surface area contributed by atoms with Crippen molar-refractivity contribution in [1.29, 1.82) is 0 Å². The topological polar surface area (TPSA) is 45.8 Å². The summed E-state index contributed by atoms with van der Waals surface area (Å²) in [6.45, 7) is 2.09. The van der Waals surface area contributed by atoms with Crippen LogP contribution in [0.1, 0.15) is 23.6 Å². The Morgan fingerprint density at radius 2 is 2.00 bits per heavy atom. The molecule has 0 unspecified atom stereocenters. The molecule has 0 amide bonds. The van der Waals surface area contributed by atoms with Gasteiger partial charge >= 0.3 is 0 Å². The largest absolute Gasteiger partial charge is 0.309 e. The third kappa shape index (κ3) is 3.42. The maximum atomic E-state index is 12.7. The normalized spacial score (nSPS) is 12.5. The number of hydrogen-bond acceptors (Lipinski definition) is 5. The summed E-state index contributed by atoms with van der Waals surface area (Å²) in [5.74, 6) is 1.65. The van der Waals surface area contributed by atoms with Crippen LogP contribution >= 0.6 is 34.4 Å². The summed E-state index contributed by atoms with van der Waals surface area (Å²) < 4.78 is 0. The highest BCUT2D eigenvalue weighted by Crippen LogP contribution is 2.35. The Morgan fingerprint density at radius 1 is 1.16 bits per heavy atom. The third-order valence-electron chi connectivity index (χ3n) is 3.98. The van der Waals surface area contributed by atoms with Crippen LogP contribution in [-0.2, 0) is 5.75 Å². The number of fused-ring (bicyclic) bond motifs is 1. The number of nitrogens with one attached hydrogen (secondary N) is 1. The van der Waals surface area contributed by atoms with Gasteiger partial charge in [0.15, 0.2) is 0 Å². The fourth-order valence-electron chi connectivity index (χ4n) is 2.65. The molecule has 0 radical (unpaired) electrons. The van der Waals surface area contributed by atoms with E-state index in [1.807, 2.05) is 41.1 Å². The number of benzene rings is 1. The Morgan fingerprint density at radius 3 is 2.76 bits per heavy atom. The monoisotopic (exact) mass is 384 g/mol. The minimum absolute atomic E-state index is 0.0446. The number of thiophene rings is 2. The molecule has 6 heteroatoms. The first-order valence-corrected chi connectivity index (χ1v) is 10.7. The van der Waals surface area contributed by atoms with E-state index in [1.165, 1.54) is 16.9 Å². The minimum Gasteiger partial charge on any atom is -0.309 e. The second-order valence-corrected chi connectivity index (χ2v) is 8.83. The second kappa shape index (κ2) is 7.15. The van der Waals surface area contributed by atoms with Crippen LogP contribution < -0.4 is 5.56 Å². The lowest BCUT2D eigenvalue weighted by Crippen LogP contribution is -2.12. The Kier molecular flexibility index (Phi) is 4.74. The molecule has 3 heterocycles. The smallest absolute Gasteiger partial charge is 0.260 e. The summed E-state index contributed by atoms with van der Waals surface area (Å²) in [4.78, 5) is 22.3. The van der Waals surface area contributed by atoms with E-state index in [2.05, 4.69) is 24.0 Å². The van der Waals surface area contributed by atoms with E-state index in [1.54, 1.807) is 23.1 Å². The summed E-state index contributed by atoms with van der Waals surface area (Å²) >= 11 is 4.96. The van der Waals surface area contributed by atoms with Crippen molar-refractivity contribution in [2.24, 2.45) is 0 Å². The van der Waals surface area contributed by atoms with Crippen LogP contribution in [0.4, 0.5) is 0 Å². The van der Waals surface area contributed by atoms with Crippen LogP contribution in [0.15, 0.2) is 58.0 Å². The third-order valence-corrected chi connectivity index (χ3v) is 6.98. The van der Waals surface area contributed by atoms with Gasteiger partial charge < -0.3 is 4.98 Å². The number of nitrogens with zero attached hydrogens (tertiary/aromatic N) is 1. The van der Waals surface area contributed by atoms with Crippen LogP contribution in [0.3, 0.4) is 0 Å². The highest BCUT2D eigenvalue weighted by Gasteiger charge is 2.16. The van der Waals surface area contributed by atoms with Gasteiger partial charge in [0, 0.05) is 21.6 Å². The Balaban J connectivity index is 1.62. The first kappa shape index (κ1) is 16.6. The molecule has 0 fully saturated rings. The number of aromatic amines is 1. The van der Waals surface area contributed by atoms with Gasteiger partial charge in [-0.25, -0.2) is 4.98 Å². The predicted molar refractivity (Wildman–Crippen MR) is 110 cm³/mol. The Hall–Kier alpha value is -1.89. The molecule has 0 aliphatic carbocycles. The quantitative estimate of drug-likeness (QED) is 0.479. The van der Waals surface area contributed by atoms with Crippen molar-refractivity contribution >= 4 is 44.7 Å². The number of hydrogen-bond donors (Lipinski definition) is 1. The van der Waals surface area contributed by atoms with Crippen molar-refractivity contribution in [2.45, 2.75) is 17.9 Å². The highest BCUT2D eigenvalue weighted by molar-refractivity contribution is 7.98. The number of H-pyrrole nitrogens is 1. The molecule has 1 aromatic carbocycles. The molecule has 0 aliphatic rings. The fraction of sp³-hybridized carbons (Fsp3) is 0.158. The van der Waals surface area contributed by atoms with Gasteiger partial charge in [-0.05, 0) is 23.9 Å². The molecule has 25 heavy (non-hydrogen) atoms. The Labute approximate surface area is 157 Å². The average molecular weight is 385 g/mol. The van der Waals surface area contributed by atoms with E-state index >= 15 is 0 Å². The van der Waals surface area contributed by atoms with E-state index in [4.69, 9.17) is 4.98 Å². The van der Waals surface area contributed by atoms with Crippen LogP contribution in [0, 0.1) is 0 Å². The molecule has 1 atom stereocenters. The molecule has 1 N–H and O–H groups in total. The molecule has 4 aromatic rings. The molecule has 0 aliphatic heterocycles. The SMILES string of the molecule is C[C@H](SCc1ccccc1)c1nc2scc(-c3cccs3)c2c(=O)[nH]1. The van der Waals surface area contributed by atoms with Gasteiger partial charge in [-0.1, -0.05) is 36.4 Å². The minimum atomic E-state index is -0.0446. The van der Waals surface area contributed by atoms with Crippen molar-refractivity contribution < 1.29 is 0 Å². The van der Waals surface area contributed by atoms with E-state index in [9.17, 15) is 4.79 Å². The number of rotatable bonds is 5. The van der Waals surface area contributed by atoms with Crippen molar-refractivity contribution in [1.82, 2.24) is 9.97 Å². The Bertz CT molecular complexity index is 1040. The zero-order chi connectivity index (χ0) is 17.2. The van der Waals surface area contributed by atoms with Gasteiger partial charge in [0.1, 0.15) is 10.7 Å². The molecule has 4 rings (SSSR count). The fourth-order valence-corrected chi connectivity index (χ4v) is 5.32. The molecule has 0 spiro atoms. The van der Waals surface area contributed by atoms with Gasteiger partial charge in [0.2, 0.25) is 0 Å². The molecule has 0 saturated carbocycles. The summed E-state index contributed by atoms with van der Waals surface area (Å²) in [6, 6.07) is 14.4. The summed E-state index contributed by atoms with van der Waals surface area (Å²) in [5, 5.41) is 4.89. The molecule has 0 bridgehead atoms. The van der Waals surface area contributed by atoms with Crippen LogP contribution in [0.2, 0.25) is 0 Å². The molecule has 126 valence electrons. The lowest BCUT2D eigenvalue weighted by molar-refractivity contribution is 0.925.